The fourth-order valence-corrected chi connectivity index (χ4v) is 3.83. The Balaban J connectivity index is 1.66. The number of carbonyl (C=O) groups excluding carboxylic acids is 2. The smallest absolute Gasteiger partial charge is 0.221 e. The van der Waals surface area contributed by atoms with Crippen molar-refractivity contribution in [2.24, 2.45) is 5.92 Å². The highest BCUT2D eigenvalue weighted by Crippen LogP contribution is 2.29. The Morgan fingerprint density at radius 1 is 1.21 bits per heavy atom. The van der Waals surface area contributed by atoms with Crippen LogP contribution in [0.4, 0.5) is 5.69 Å². The lowest BCUT2D eigenvalue weighted by Crippen LogP contribution is -2.38. The molecule has 1 fully saturated rings. The third kappa shape index (κ3) is 5.12. The number of hydrogen-bond donors (Lipinski definition) is 1. The maximum Gasteiger partial charge on any atom is 0.221 e. The number of rotatable bonds is 6. The number of likely N-dealkylation sites (tertiary alicyclic amines) is 1. The second-order valence-corrected chi connectivity index (χ2v) is 7.60. The molecule has 1 saturated heterocycles. The van der Waals surface area contributed by atoms with Gasteiger partial charge < -0.3 is 10.1 Å². The Morgan fingerprint density at radius 2 is 1.96 bits per heavy atom. The molecule has 3 rings (SSSR count). The molecule has 1 N–H and O–H groups in total. The van der Waals surface area contributed by atoms with Gasteiger partial charge in [0.05, 0.1) is 12.7 Å². The highest BCUT2D eigenvalue weighted by Gasteiger charge is 2.28. The number of methoxy groups -OCH3 is 1. The number of hydrogen-bond acceptors (Lipinski definition) is 4. The van der Waals surface area contributed by atoms with Crippen LogP contribution in [0.3, 0.4) is 0 Å². The molecule has 0 spiro atoms. The number of benzene rings is 2. The van der Waals surface area contributed by atoms with Crippen molar-refractivity contribution in [3.05, 3.63) is 58.6 Å². The van der Waals surface area contributed by atoms with E-state index in [1.54, 1.807) is 25.3 Å². The van der Waals surface area contributed by atoms with Gasteiger partial charge in [0.15, 0.2) is 5.78 Å². The maximum atomic E-state index is 13.1. The van der Waals surface area contributed by atoms with Crippen molar-refractivity contribution in [3.63, 3.8) is 0 Å². The summed E-state index contributed by atoms with van der Waals surface area (Å²) < 4.78 is 5.35. The number of Topliss-reactive ketones (excluding diaryl/α,β-unsaturated/α-hetero) is 1. The van der Waals surface area contributed by atoms with Gasteiger partial charge in [-0.1, -0.05) is 23.7 Å². The van der Waals surface area contributed by atoms with Crippen LogP contribution < -0.4 is 10.1 Å². The van der Waals surface area contributed by atoms with E-state index >= 15 is 0 Å². The first-order valence-electron chi connectivity index (χ1n) is 9.43. The van der Waals surface area contributed by atoms with Crippen molar-refractivity contribution in [2.45, 2.75) is 26.3 Å². The summed E-state index contributed by atoms with van der Waals surface area (Å²) in [6.07, 6.45) is 1.84. The number of nitrogens with zero attached hydrogens (tertiary/aromatic N) is 1. The second-order valence-electron chi connectivity index (χ2n) is 7.16. The van der Waals surface area contributed by atoms with Gasteiger partial charge in [-0.15, -0.1) is 0 Å². The zero-order valence-electron chi connectivity index (χ0n) is 16.2. The molecule has 5 nitrogen and oxygen atoms in total. The minimum Gasteiger partial charge on any atom is -0.496 e. The first kappa shape index (κ1) is 20.4. The average molecular weight is 401 g/mol. The molecule has 0 aromatic heterocycles. The second kappa shape index (κ2) is 9.22. The summed E-state index contributed by atoms with van der Waals surface area (Å²) in [6.45, 7) is 3.94. The Bertz CT molecular complexity index is 851. The van der Waals surface area contributed by atoms with Gasteiger partial charge in [0.1, 0.15) is 5.75 Å². The summed E-state index contributed by atoms with van der Waals surface area (Å²) in [6, 6.07) is 13.0. The number of amides is 1. The molecule has 2 aromatic carbocycles. The summed E-state index contributed by atoms with van der Waals surface area (Å²) in [7, 11) is 1.57. The van der Waals surface area contributed by atoms with Crippen LogP contribution in [0.1, 0.15) is 35.7 Å². The first-order chi connectivity index (χ1) is 13.5. The molecule has 0 aliphatic carbocycles. The van der Waals surface area contributed by atoms with Gasteiger partial charge in [0, 0.05) is 36.6 Å². The molecule has 0 bridgehead atoms. The lowest BCUT2D eigenvalue weighted by atomic mass is 9.89. The van der Waals surface area contributed by atoms with Crippen molar-refractivity contribution >= 4 is 29.0 Å². The number of halogens is 1. The predicted octanol–water partition coefficient (Wildman–Crippen LogP) is 4.40. The fraction of sp³-hybridized carbons (Fsp3) is 0.364. The minimum absolute atomic E-state index is 0.0697. The molecular weight excluding hydrogens is 376 g/mol. The van der Waals surface area contributed by atoms with Gasteiger partial charge in [-0.05, 0) is 55.3 Å². The van der Waals surface area contributed by atoms with Crippen LogP contribution in [0.2, 0.25) is 5.02 Å². The van der Waals surface area contributed by atoms with Gasteiger partial charge in [-0.2, -0.15) is 0 Å². The van der Waals surface area contributed by atoms with Crippen LogP contribution in [-0.2, 0) is 11.3 Å². The fourth-order valence-electron chi connectivity index (χ4n) is 3.66. The molecule has 1 aliphatic rings. The summed E-state index contributed by atoms with van der Waals surface area (Å²) in [5, 5.41) is 3.31. The van der Waals surface area contributed by atoms with Crippen molar-refractivity contribution < 1.29 is 14.3 Å². The molecular formula is C22H25ClN2O3. The first-order valence-corrected chi connectivity index (χ1v) is 9.80. The molecule has 0 saturated carbocycles. The van der Waals surface area contributed by atoms with Crippen LogP contribution in [0, 0.1) is 5.92 Å². The molecule has 28 heavy (non-hydrogen) atoms. The number of ketones is 1. The lowest BCUT2D eigenvalue weighted by molar-refractivity contribution is -0.114. The van der Waals surface area contributed by atoms with Crippen LogP contribution >= 0.6 is 11.6 Å². The molecule has 0 unspecified atom stereocenters. The number of piperidine rings is 1. The minimum atomic E-state index is -0.0819. The molecule has 6 heteroatoms. The van der Waals surface area contributed by atoms with E-state index in [-0.39, 0.29) is 17.6 Å². The van der Waals surface area contributed by atoms with Crippen LogP contribution in [0.25, 0.3) is 0 Å². The van der Waals surface area contributed by atoms with E-state index in [4.69, 9.17) is 16.3 Å². The zero-order valence-corrected chi connectivity index (χ0v) is 17.0. The van der Waals surface area contributed by atoms with Crippen LogP contribution in [-0.4, -0.2) is 36.8 Å². The van der Waals surface area contributed by atoms with Gasteiger partial charge in [0.2, 0.25) is 5.91 Å². The van der Waals surface area contributed by atoms with Gasteiger partial charge in [-0.25, -0.2) is 0 Å². The molecule has 148 valence electrons. The summed E-state index contributed by atoms with van der Waals surface area (Å²) in [4.78, 5) is 26.5. The number of carbonyl (C=O) groups is 2. The van der Waals surface area contributed by atoms with Crippen molar-refractivity contribution in [3.8, 4) is 5.75 Å². The van der Waals surface area contributed by atoms with Crippen molar-refractivity contribution in [1.29, 1.82) is 0 Å². The van der Waals surface area contributed by atoms with Crippen LogP contribution in [0.15, 0.2) is 42.5 Å². The number of anilines is 1. The van der Waals surface area contributed by atoms with E-state index in [2.05, 4.69) is 10.2 Å². The predicted molar refractivity (Wildman–Crippen MR) is 111 cm³/mol. The van der Waals surface area contributed by atoms with E-state index in [0.717, 1.165) is 37.2 Å². The normalized spacial score (nSPS) is 17.2. The summed E-state index contributed by atoms with van der Waals surface area (Å²) >= 11 is 6.09. The standard InChI is InChI=1S/C22H25ClN2O3/c1-15(26)24-19-8-5-16(6-9-19)13-25-11-3-4-17(14-25)22(27)20-12-18(23)7-10-21(20)28-2/h5-10,12,17H,3-4,11,13-14H2,1-2H3,(H,24,26)/t17-/m0/s1. The average Bonchev–Trinajstić information content (AvgIpc) is 2.69. The van der Waals surface area contributed by atoms with E-state index in [0.29, 0.717) is 22.9 Å². The molecule has 1 amide bonds. The SMILES string of the molecule is COc1ccc(Cl)cc1C(=O)[C@H]1CCCN(Cc2ccc(NC(C)=O)cc2)C1. The molecule has 1 aliphatic heterocycles. The monoisotopic (exact) mass is 400 g/mol. The van der Waals surface area contributed by atoms with E-state index in [1.165, 1.54) is 6.92 Å². The van der Waals surface area contributed by atoms with E-state index in [1.807, 2.05) is 24.3 Å². The highest BCUT2D eigenvalue weighted by atomic mass is 35.5. The van der Waals surface area contributed by atoms with Crippen LogP contribution in [0.5, 0.6) is 5.75 Å². The zero-order chi connectivity index (χ0) is 20.1. The number of ether oxygens (including phenoxy) is 1. The Hall–Kier alpha value is -2.37. The van der Waals surface area contributed by atoms with Crippen molar-refractivity contribution in [2.75, 3.05) is 25.5 Å². The van der Waals surface area contributed by atoms with Crippen molar-refractivity contribution in [1.82, 2.24) is 4.90 Å². The third-order valence-electron chi connectivity index (χ3n) is 4.98. The number of nitrogens with one attached hydrogen (secondary N) is 1. The maximum absolute atomic E-state index is 13.1. The highest BCUT2D eigenvalue weighted by molar-refractivity contribution is 6.31. The summed E-state index contributed by atoms with van der Waals surface area (Å²) in [5.74, 6) is 0.506. The molecule has 1 heterocycles. The third-order valence-corrected chi connectivity index (χ3v) is 5.22. The molecule has 1 atom stereocenters. The summed E-state index contributed by atoms with van der Waals surface area (Å²) in [5.41, 5.74) is 2.50. The lowest BCUT2D eigenvalue weighted by Gasteiger charge is -2.32. The Morgan fingerprint density at radius 3 is 2.64 bits per heavy atom. The largest absolute Gasteiger partial charge is 0.496 e. The Kier molecular flexibility index (Phi) is 6.70. The Labute approximate surface area is 170 Å². The topological polar surface area (TPSA) is 58.6 Å². The van der Waals surface area contributed by atoms with Gasteiger partial charge in [-0.3, -0.25) is 14.5 Å². The van der Waals surface area contributed by atoms with Gasteiger partial charge in [0.25, 0.3) is 0 Å². The quantitative estimate of drug-likeness (QED) is 0.730. The van der Waals surface area contributed by atoms with E-state index in [9.17, 15) is 9.59 Å². The van der Waals surface area contributed by atoms with Gasteiger partial charge >= 0.3 is 0 Å². The molecule has 2 aromatic rings. The van der Waals surface area contributed by atoms with E-state index < -0.39 is 0 Å². The molecule has 0 radical (unpaired) electrons.